The third-order valence-electron chi connectivity index (χ3n) is 12.6. The molecule has 0 radical (unpaired) electrons. The fraction of sp³-hybridized carbons (Fsp3) is 1.00. The van der Waals surface area contributed by atoms with Gasteiger partial charge in [0.2, 0.25) is 0 Å². The van der Waals surface area contributed by atoms with E-state index in [4.69, 9.17) is 5.73 Å². The molecule has 0 fully saturated rings. The predicted molar refractivity (Wildman–Crippen MR) is 240 cm³/mol. The molecule has 0 bridgehead atoms. The summed E-state index contributed by atoms with van der Waals surface area (Å²) in [5.41, 5.74) is 6.35. The Labute approximate surface area is 332 Å². The molecule has 0 aliphatic rings. The van der Waals surface area contributed by atoms with Gasteiger partial charge in [0.05, 0.1) is 26.2 Å². The summed E-state index contributed by atoms with van der Waals surface area (Å²) in [6, 6.07) is 0. The van der Waals surface area contributed by atoms with E-state index in [9.17, 15) is 0 Å². The van der Waals surface area contributed by atoms with Crippen LogP contribution in [0.3, 0.4) is 0 Å². The SMILES string of the molecule is CCCCCCCCCCCCCCCC[N+](CCN)(CCCCCCCCCCCCCCCC)CCCCCCCCCCCCCCCC. The quantitative estimate of drug-likeness (QED) is 0.0489. The normalized spacial score (nSPS) is 12.0. The van der Waals surface area contributed by atoms with Crippen LogP contribution in [-0.2, 0) is 0 Å². The average molecular weight is 734 g/mol. The Balaban J connectivity index is 4.32. The Hall–Kier alpha value is -0.0800. The maximum atomic E-state index is 6.35. The Morgan fingerprint density at radius 2 is 0.365 bits per heavy atom. The van der Waals surface area contributed by atoms with Gasteiger partial charge in [0.1, 0.15) is 0 Å². The van der Waals surface area contributed by atoms with Crippen LogP contribution >= 0.6 is 0 Å². The average Bonchev–Trinajstić information content (AvgIpc) is 3.15. The van der Waals surface area contributed by atoms with Gasteiger partial charge in [-0.15, -0.1) is 0 Å². The number of hydrogen-bond donors (Lipinski definition) is 1. The van der Waals surface area contributed by atoms with Crippen molar-refractivity contribution in [3.8, 4) is 0 Å². The lowest BCUT2D eigenvalue weighted by Gasteiger charge is -2.39. The number of nitrogens with zero attached hydrogens (tertiary/aromatic N) is 1. The number of rotatable bonds is 47. The third kappa shape index (κ3) is 39.6. The van der Waals surface area contributed by atoms with Crippen molar-refractivity contribution in [2.75, 3.05) is 32.7 Å². The molecule has 0 saturated heterocycles. The van der Waals surface area contributed by atoms with Crippen LogP contribution in [0.2, 0.25) is 0 Å². The molecule has 0 rings (SSSR count). The van der Waals surface area contributed by atoms with E-state index in [-0.39, 0.29) is 0 Å². The summed E-state index contributed by atoms with van der Waals surface area (Å²) in [5.74, 6) is 0. The molecule has 0 amide bonds. The monoisotopic (exact) mass is 734 g/mol. The molecule has 0 spiro atoms. The van der Waals surface area contributed by atoms with E-state index in [0.29, 0.717) is 0 Å². The molecule has 0 heterocycles. The molecule has 52 heavy (non-hydrogen) atoms. The van der Waals surface area contributed by atoms with E-state index in [1.54, 1.807) is 0 Å². The fourth-order valence-corrected chi connectivity index (χ4v) is 8.87. The summed E-state index contributed by atoms with van der Waals surface area (Å²) in [5, 5.41) is 0. The summed E-state index contributed by atoms with van der Waals surface area (Å²) in [6.45, 7) is 13.2. The fourth-order valence-electron chi connectivity index (χ4n) is 8.87. The Kier molecular flexibility index (Phi) is 45.2. The summed E-state index contributed by atoms with van der Waals surface area (Å²) in [7, 11) is 0. The van der Waals surface area contributed by atoms with Crippen LogP contribution < -0.4 is 5.73 Å². The van der Waals surface area contributed by atoms with Crippen molar-refractivity contribution in [3.05, 3.63) is 0 Å². The highest BCUT2D eigenvalue weighted by atomic mass is 15.3. The number of nitrogens with two attached hydrogens (primary N) is 1. The number of quaternary nitrogens is 1. The minimum absolute atomic E-state index is 0.871. The van der Waals surface area contributed by atoms with Gasteiger partial charge >= 0.3 is 0 Å². The molecule has 2 heteroatoms. The van der Waals surface area contributed by atoms with E-state index < -0.39 is 0 Å². The first kappa shape index (κ1) is 51.9. The molecule has 2 N–H and O–H groups in total. The molecule has 0 aromatic heterocycles. The number of hydrogen-bond acceptors (Lipinski definition) is 1. The van der Waals surface area contributed by atoms with Crippen LogP contribution in [-0.4, -0.2) is 37.2 Å². The van der Waals surface area contributed by atoms with E-state index >= 15 is 0 Å². The zero-order chi connectivity index (χ0) is 37.7. The highest BCUT2D eigenvalue weighted by Gasteiger charge is 2.25. The molecule has 0 unspecified atom stereocenters. The summed E-state index contributed by atoms with van der Waals surface area (Å²) >= 11 is 0. The molecule has 2 nitrogen and oxygen atoms in total. The van der Waals surface area contributed by atoms with Gasteiger partial charge in [-0.1, -0.05) is 252 Å². The molecule has 0 saturated carbocycles. The van der Waals surface area contributed by atoms with Crippen LogP contribution in [0.25, 0.3) is 0 Å². The van der Waals surface area contributed by atoms with Gasteiger partial charge in [-0.25, -0.2) is 0 Å². The standard InChI is InChI=1S/C50H105N2/c1-4-7-10-13-16-19-22-25-28-31-34-37-40-43-47-52(50-46-51,48-44-41-38-35-32-29-26-23-20-17-14-11-8-5-2)49-45-42-39-36-33-30-27-24-21-18-15-12-9-6-3/h4-51H2,1-3H3/q+1. The second kappa shape index (κ2) is 45.3. The molecule has 0 atom stereocenters. The van der Waals surface area contributed by atoms with Crippen LogP contribution in [0.4, 0.5) is 0 Å². The van der Waals surface area contributed by atoms with Crippen molar-refractivity contribution >= 4 is 0 Å². The summed E-state index contributed by atoms with van der Waals surface area (Å²) in [6.07, 6.45) is 61.1. The summed E-state index contributed by atoms with van der Waals surface area (Å²) in [4.78, 5) is 0. The van der Waals surface area contributed by atoms with Crippen molar-refractivity contribution in [2.45, 2.75) is 290 Å². The van der Waals surface area contributed by atoms with Crippen molar-refractivity contribution < 1.29 is 4.48 Å². The van der Waals surface area contributed by atoms with E-state index in [0.717, 1.165) is 6.54 Å². The Morgan fingerprint density at radius 1 is 0.212 bits per heavy atom. The Morgan fingerprint density at radius 3 is 0.519 bits per heavy atom. The molecular formula is C50H105N2+. The summed E-state index contributed by atoms with van der Waals surface area (Å²) < 4.78 is 1.34. The minimum Gasteiger partial charge on any atom is -0.326 e. The second-order valence-corrected chi connectivity index (χ2v) is 17.8. The van der Waals surface area contributed by atoms with Crippen LogP contribution in [0.5, 0.6) is 0 Å². The van der Waals surface area contributed by atoms with Gasteiger partial charge < -0.3 is 10.2 Å². The topological polar surface area (TPSA) is 26.0 Å². The van der Waals surface area contributed by atoms with Crippen molar-refractivity contribution in [1.29, 1.82) is 0 Å². The minimum atomic E-state index is 0.871. The Bertz CT molecular complexity index is 539. The number of unbranched alkanes of at least 4 members (excludes halogenated alkanes) is 39. The van der Waals surface area contributed by atoms with Crippen molar-refractivity contribution in [3.63, 3.8) is 0 Å². The predicted octanol–water partition coefficient (Wildman–Crippen LogP) is 17.2. The van der Waals surface area contributed by atoms with Gasteiger partial charge in [-0.05, 0) is 38.5 Å². The molecule has 0 aliphatic heterocycles. The van der Waals surface area contributed by atoms with Crippen LogP contribution in [0, 0.1) is 0 Å². The van der Waals surface area contributed by atoms with E-state index in [2.05, 4.69) is 20.8 Å². The molecule has 0 aromatic carbocycles. The van der Waals surface area contributed by atoms with Crippen molar-refractivity contribution in [1.82, 2.24) is 0 Å². The largest absolute Gasteiger partial charge is 0.326 e. The lowest BCUT2D eigenvalue weighted by atomic mass is 10.0. The van der Waals surface area contributed by atoms with Gasteiger partial charge in [0.15, 0.2) is 0 Å². The lowest BCUT2D eigenvalue weighted by Crippen LogP contribution is -2.52. The molecule has 314 valence electrons. The third-order valence-corrected chi connectivity index (χ3v) is 12.6. The van der Waals surface area contributed by atoms with Crippen LogP contribution in [0.1, 0.15) is 290 Å². The maximum absolute atomic E-state index is 6.35. The second-order valence-electron chi connectivity index (χ2n) is 17.8. The highest BCUT2D eigenvalue weighted by Crippen LogP contribution is 2.20. The van der Waals surface area contributed by atoms with Crippen molar-refractivity contribution in [2.24, 2.45) is 5.73 Å². The first-order chi connectivity index (χ1) is 25.7. The molecule has 0 aliphatic carbocycles. The van der Waals surface area contributed by atoms with Gasteiger partial charge in [0.25, 0.3) is 0 Å². The van der Waals surface area contributed by atoms with Crippen LogP contribution in [0.15, 0.2) is 0 Å². The zero-order valence-corrected chi connectivity index (χ0v) is 37.3. The van der Waals surface area contributed by atoms with E-state index in [1.807, 2.05) is 0 Å². The zero-order valence-electron chi connectivity index (χ0n) is 37.3. The van der Waals surface area contributed by atoms with Gasteiger partial charge in [0, 0.05) is 6.54 Å². The first-order valence-electron chi connectivity index (χ1n) is 25.3. The van der Waals surface area contributed by atoms with Gasteiger partial charge in [-0.2, -0.15) is 0 Å². The van der Waals surface area contributed by atoms with E-state index in [1.165, 1.54) is 300 Å². The molecular weight excluding hydrogens is 629 g/mol. The molecule has 0 aromatic rings. The lowest BCUT2D eigenvalue weighted by molar-refractivity contribution is -0.927. The van der Waals surface area contributed by atoms with Gasteiger partial charge in [-0.3, -0.25) is 0 Å². The highest BCUT2D eigenvalue weighted by molar-refractivity contribution is 4.56. The maximum Gasteiger partial charge on any atom is 0.0911 e. The first-order valence-corrected chi connectivity index (χ1v) is 25.3. The smallest absolute Gasteiger partial charge is 0.0911 e.